The van der Waals surface area contributed by atoms with Crippen LogP contribution in [0.5, 0.6) is 0 Å². The predicted molar refractivity (Wildman–Crippen MR) is 230 cm³/mol. The Labute approximate surface area is 335 Å². The number of hydrogen-bond acceptors (Lipinski definition) is 15. The van der Waals surface area contributed by atoms with Gasteiger partial charge in [0.2, 0.25) is 17.8 Å². The fourth-order valence-electron chi connectivity index (χ4n) is 5.79. The minimum Gasteiger partial charge on any atom is -0.395 e. The molecule has 1 aliphatic rings. The molecule has 1 atom stereocenters. The number of aliphatic hydroxyl groups excluding tert-OH is 2. The Morgan fingerprint density at radius 2 is 1.30 bits per heavy atom. The van der Waals surface area contributed by atoms with Crippen LogP contribution in [-0.2, 0) is 0 Å². The van der Waals surface area contributed by atoms with E-state index in [1.807, 2.05) is 113 Å². The lowest BCUT2D eigenvalue weighted by atomic mass is 10.1. The van der Waals surface area contributed by atoms with Gasteiger partial charge in [0.25, 0.3) is 0 Å². The van der Waals surface area contributed by atoms with Crippen molar-refractivity contribution in [3.05, 3.63) is 122 Å². The fraction of sp³-hybridized carbons (Fsp3) is 0.310. The van der Waals surface area contributed by atoms with E-state index in [0.717, 1.165) is 41.5 Å². The molecule has 3 aromatic carbocycles. The molecule has 298 valence electrons. The highest BCUT2D eigenvalue weighted by Gasteiger charge is 2.22. The fourth-order valence-corrected chi connectivity index (χ4v) is 5.79. The SMILES string of the molecule is C=C(N=Nc1ccc(N2CCN(c3nc(Nc4ccc(Nc5ccc(N=NC(=C)N(C)/C=C\C)cc5)cc4)nc(N(CCO)CCO)n3)CC2)cc1)C(C)/C=C\C. The topological polar surface area (TPSA) is 166 Å². The smallest absolute Gasteiger partial charge is 0.233 e. The molecule has 15 heteroatoms. The molecule has 4 aromatic rings. The second kappa shape index (κ2) is 21.0. The summed E-state index contributed by atoms with van der Waals surface area (Å²) in [6, 6.07) is 23.5. The van der Waals surface area contributed by atoms with Gasteiger partial charge < -0.3 is 40.4 Å². The number of rotatable bonds is 19. The minimum atomic E-state index is -0.113. The Bertz CT molecular complexity index is 2020. The number of azo groups is 2. The average Bonchev–Trinajstić information content (AvgIpc) is 3.23. The molecule has 57 heavy (non-hydrogen) atoms. The monoisotopic (exact) mass is 771 g/mol. The molecule has 1 fully saturated rings. The predicted octanol–water partition coefficient (Wildman–Crippen LogP) is 8.31. The third kappa shape index (κ3) is 12.3. The van der Waals surface area contributed by atoms with Gasteiger partial charge in [0, 0.05) is 81.2 Å². The van der Waals surface area contributed by atoms with Gasteiger partial charge in [0.1, 0.15) is 5.82 Å². The quantitative estimate of drug-likeness (QED) is 0.0535. The van der Waals surface area contributed by atoms with Crippen molar-refractivity contribution in [3.63, 3.8) is 0 Å². The van der Waals surface area contributed by atoms with Crippen molar-refractivity contribution in [1.29, 1.82) is 0 Å². The zero-order chi connectivity index (χ0) is 40.6. The van der Waals surface area contributed by atoms with Gasteiger partial charge >= 0.3 is 0 Å². The molecule has 15 nitrogen and oxygen atoms in total. The lowest BCUT2D eigenvalue weighted by Gasteiger charge is -2.36. The highest BCUT2D eigenvalue weighted by Crippen LogP contribution is 2.27. The standard InChI is InChI=1S/C42H53N13O2/c1-7-9-31(3)32(4)48-50-38-18-20-39(21-19-38)53-23-25-54(26-24-53)41-45-40(46-42(47-41)55(27-29-56)28-30-57)44-36-12-10-34(11-13-36)43-35-14-16-37(17-15-35)51-49-33(5)52(6)22-8-2/h7-22,31,43,56-57H,4-5,23-30H2,1-3,6H3,(H,44,45,46,47)/b9-7-,22-8-,50-48?,51-49?. The molecular formula is C42H53N13O2. The Morgan fingerprint density at radius 3 is 1.88 bits per heavy atom. The lowest BCUT2D eigenvalue weighted by Crippen LogP contribution is -2.47. The van der Waals surface area contributed by atoms with Gasteiger partial charge in [0.05, 0.1) is 30.3 Å². The van der Waals surface area contributed by atoms with Crippen LogP contribution >= 0.6 is 0 Å². The third-order valence-corrected chi connectivity index (χ3v) is 9.07. The molecule has 0 bridgehead atoms. The van der Waals surface area contributed by atoms with Crippen molar-refractivity contribution < 1.29 is 10.2 Å². The maximum absolute atomic E-state index is 9.76. The summed E-state index contributed by atoms with van der Waals surface area (Å²) in [6.07, 6.45) is 7.80. The van der Waals surface area contributed by atoms with Gasteiger partial charge in [-0.15, -0.1) is 10.2 Å². The Hall–Kier alpha value is -6.45. The summed E-state index contributed by atoms with van der Waals surface area (Å²) in [5, 5.41) is 43.4. The molecule has 0 spiro atoms. The number of benzene rings is 3. The number of aliphatic hydroxyl groups is 2. The summed E-state index contributed by atoms with van der Waals surface area (Å²) in [5.41, 5.74) is 5.86. The molecule has 1 unspecified atom stereocenters. The van der Waals surface area contributed by atoms with E-state index in [9.17, 15) is 10.2 Å². The first-order valence-electron chi connectivity index (χ1n) is 19.0. The third-order valence-electron chi connectivity index (χ3n) is 9.07. The normalized spacial score (nSPS) is 13.9. The second-order valence-corrected chi connectivity index (χ2v) is 13.3. The molecule has 0 amide bonds. The summed E-state index contributed by atoms with van der Waals surface area (Å²) in [6.45, 7) is 17.1. The molecule has 1 saturated heterocycles. The van der Waals surface area contributed by atoms with Crippen LogP contribution in [-0.4, -0.2) is 89.6 Å². The van der Waals surface area contributed by atoms with Gasteiger partial charge in [0.15, 0.2) is 0 Å². The maximum atomic E-state index is 9.76. The number of nitrogens with one attached hydrogen (secondary N) is 2. The zero-order valence-corrected chi connectivity index (χ0v) is 33.2. The Kier molecular flexibility index (Phi) is 15.4. The summed E-state index contributed by atoms with van der Waals surface area (Å²) in [7, 11) is 1.87. The van der Waals surface area contributed by atoms with E-state index in [-0.39, 0.29) is 32.2 Å². The molecule has 1 aromatic heterocycles. The van der Waals surface area contributed by atoms with Crippen molar-refractivity contribution in [1.82, 2.24) is 19.9 Å². The van der Waals surface area contributed by atoms with Crippen LogP contribution in [0.3, 0.4) is 0 Å². The summed E-state index contributed by atoms with van der Waals surface area (Å²) >= 11 is 0. The molecule has 1 aliphatic heterocycles. The van der Waals surface area contributed by atoms with Gasteiger partial charge in [-0.3, -0.25) is 0 Å². The van der Waals surface area contributed by atoms with Crippen molar-refractivity contribution in [2.24, 2.45) is 26.4 Å². The van der Waals surface area contributed by atoms with E-state index >= 15 is 0 Å². The minimum absolute atomic E-state index is 0.113. The van der Waals surface area contributed by atoms with Gasteiger partial charge in [-0.05, 0) is 86.6 Å². The molecular weight excluding hydrogens is 719 g/mol. The van der Waals surface area contributed by atoms with Crippen molar-refractivity contribution >= 4 is 52.0 Å². The van der Waals surface area contributed by atoms with E-state index in [2.05, 4.69) is 71.2 Å². The average molecular weight is 772 g/mol. The van der Waals surface area contributed by atoms with Crippen LogP contribution in [0.15, 0.2) is 142 Å². The highest BCUT2D eigenvalue weighted by molar-refractivity contribution is 5.66. The molecule has 5 rings (SSSR count). The molecule has 0 radical (unpaired) electrons. The van der Waals surface area contributed by atoms with Gasteiger partial charge in [-0.2, -0.15) is 25.2 Å². The van der Waals surface area contributed by atoms with Crippen LogP contribution in [0, 0.1) is 5.92 Å². The van der Waals surface area contributed by atoms with Crippen LogP contribution in [0.25, 0.3) is 0 Å². The van der Waals surface area contributed by atoms with Crippen molar-refractivity contribution in [3.8, 4) is 0 Å². The number of anilines is 7. The van der Waals surface area contributed by atoms with Gasteiger partial charge in [-0.25, -0.2) is 0 Å². The number of aromatic nitrogens is 3. The highest BCUT2D eigenvalue weighted by atomic mass is 16.3. The van der Waals surface area contributed by atoms with E-state index in [4.69, 9.17) is 9.97 Å². The number of hydrogen-bond donors (Lipinski definition) is 4. The van der Waals surface area contributed by atoms with E-state index < -0.39 is 0 Å². The largest absolute Gasteiger partial charge is 0.395 e. The molecule has 0 saturated carbocycles. The summed E-state index contributed by atoms with van der Waals surface area (Å²) in [4.78, 5) is 22.3. The van der Waals surface area contributed by atoms with Crippen molar-refractivity contribution in [2.75, 3.05) is 84.9 Å². The summed E-state index contributed by atoms with van der Waals surface area (Å²) < 4.78 is 0. The molecule has 4 N–H and O–H groups in total. The van der Waals surface area contributed by atoms with Crippen LogP contribution in [0.1, 0.15) is 20.8 Å². The first-order valence-corrected chi connectivity index (χ1v) is 19.0. The molecule has 2 heterocycles. The van der Waals surface area contributed by atoms with E-state index in [1.165, 1.54) is 0 Å². The first-order chi connectivity index (χ1) is 27.7. The van der Waals surface area contributed by atoms with Crippen LogP contribution in [0.4, 0.5) is 52.0 Å². The van der Waals surface area contributed by atoms with Gasteiger partial charge in [-0.1, -0.05) is 38.3 Å². The molecule has 0 aliphatic carbocycles. The number of nitrogens with zero attached hydrogens (tertiary/aromatic N) is 11. The van der Waals surface area contributed by atoms with E-state index in [1.54, 1.807) is 9.80 Å². The number of allylic oxidation sites excluding steroid dienone is 3. The summed E-state index contributed by atoms with van der Waals surface area (Å²) in [5.74, 6) is 1.91. The van der Waals surface area contributed by atoms with Crippen LogP contribution < -0.4 is 25.3 Å². The second-order valence-electron chi connectivity index (χ2n) is 13.3. The Balaban J connectivity index is 1.23. The zero-order valence-electron chi connectivity index (χ0n) is 33.2. The first kappa shape index (κ1) is 41.7. The van der Waals surface area contributed by atoms with Crippen LogP contribution in [0.2, 0.25) is 0 Å². The number of piperazine rings is 1. The van der Waals surface area contributed by atoms with E-state index in [0.29, 0.717) is 48.1 Å². The Morgan fingerprint density at radius 1 is 0.754 bits per heavy atom. The van der Waals surface area contributed by atoms with Crippen molar-refractivity contribution in [2.45, 2.75) is 20.8 Å². The maximum Gasteiger partial charge on any atom is 0.233 e. The lowest BCUT2D eigenvalue weighted by molar-refractivity contribution is 0.280.